The first-order valence-electron chi connectivity index (χ1n) is 6.99. The number of carbonyl (C=O) groups excluding carboxylic acids is 1. The van der Waals surface area contributed by atoms with Crippen LogP contribution in [0.1, 0.15) is 29.1 Å². The summed E-state index contributed by atoms with van der Waals surface area (Å²) in [5.74, 6) is 0.476. The number of rotatable bonds is 4. The predicted molar refractivity (Wildman–Crippen MR) is 95.2 cm³/mol. The first-order valence-corrected chi connectivity index (χ1v) is 8.07. The molecule has 0 aliphatic carbocycles. The lowest BCUT2D eigenvalue weighted by Crippen LogP contribution is -2.20. The highest BCUT2D eigenvalue weighted by Crippen LogP contribution is 2.17. The van der Waals surface area contributed by atoms with E-state index in [-0.39, 0.29) is 17.9 Å². The number of halogens is 1. The first kappa shape index (κ1) is 16.7. The highest BCUT2D eigenvalue weighted by atomic mass is 127. The van der Waals surface area contributed by atoms with Gasteiger partial charge in [0.2, 0.25) is 5.91 Å². The van der Waals surface area contributed by atoms with Crippen molar-refractivity contribution < 1.29 is 4.79 Å². The molecule has 1 aromatic carbocycles. The monoisotopic (exact) mass is 411 g/mol. The van der Waals surface area contributed by atoms with E-state index < -0.39 is 0 Å². The van der Waals surface area contributed by atoms with Gasteiger partial charge in [0.05, 0.1) is 0 Å². The molecule has 1 aromatic heterocycles. The zero-order valence-corrected chi connectivity index (χ0v) is 14.9. The van der Waals surface area contributed by atoms with Crippen LogP contribution in [0.4, 0.5) is 5.69 Å². The molecule has 5 nitrogen and oxygen atoms in total. The summed E-state index contributed by atoms with van der Waals surface area (Å²) in [4.78, 5) is 30.8. The van der Waals surface area contributed by atoms with E-state index in [1.807, 2.05) is 25.1 Å². The highest BCUT2D eigenvalue weighted by molar-refractivity contribution is 14.1. The van der Waals surface area contributed by atoms with Crippen molar-refractivity contribution in [1.82, 2.24) is 9.97 Å². The normalized spacial score (nSPS) is 10.5. The molecule has 2 N–H and O–H groups in total. The average molecular weight is 411 g/mol. The molecule has 2 rings (SSSR count). The molecule has 0 radical (unpaired) electrons. The Morgan fingerprint density at radius 1 is 1.32 bits per heavy atom. The molecular formula is C16H18IN3O2. The summed E-state index contributed by atoms with van der Waals surface area (Å²) in [6.07, 6.45) is 0.627. The predicted octanol–water partition coefficient (Wildman–Crippen LogP) is 2.87. The van der Waals surface area contributed by atoms with Crippen LogP contribution < -0.4 is 10.9 Å². The minimum atomic E-state index is -0.164. The van der Waals surface area contributed by atoms with E-state index in [2.05, 4.69) is 37.9 Å². The Hall–Kier alpha value is -1.70. The highest BCUT2D eigenvalue weighted by Gasteiger charge is 2.10. The lowest BCUT2D eigenvalue weighted by molar-refractivity contribution is -0.116. The van der Waals surface area contributed by atoms with Crippen LogP contribution in [0.15, 0.2) is 23.0 Å². The molecule has 0 atom stereocenters. The van der Waals surface area contributed by atoms with Crippen LogP contribution in [0, 0.1) is 24.3 Å². The Morgan fingerprint density at radius 3 is 2.68 bits per heavy atom. The van der Waals surface area contributed by atoms with Gasteiger partial charge in [-0.05, 0) is 67.5 Å². The van der Waals surface area contributed by atoms with E-state index in [9.17, 15) is 9.59 Å². The van der Waals surface area contributed by atoms with Crippen molar-refractivity contribution in [3.63, 3.8) is 0 Å². The van der Waals surface area contributed by atoms with Gasteiger partial charge in [-0.15, -0.1) is 0 Å². The van der Waals surface area contributed by atoms with Gasteiger partial charge in [0, 0.05) is 26.9 Å². The summed E-state index contributed by atoms with van der Waals surface area (Å²) in [6.45, 7) is 5.55. The smallest absolute Gasteiger partial charge is 0.254 e. The van der Waals surface area contributed by atoms with Crippen molar-refractivity contribution in [3.8, 4) is 0 Å². The second-order valence-electron chi connectivity index (χ2n) is 5.23. The summed E-state index contributed by atoms with van der Waals surface area (Å²) >= 11 is 2.23. The van der Waals surface area contributed by atoms with E-state index in [0.29, 0.717) is 23.5 Å². The van der Waals surface area contributed by atoms with Crippen LogP contribution in [-0.4, -0.2) is 15.9 Å². The lowest BCUT2D eigenvalue weighted by Gasteiger charge is -2.08. The number of aromatic nitrogens is 2. The lowest BCUT2D eigenvalue weighted by atomic mass is 10.1. The van der Waals surface area contributed by atoms with Crippen molar-refractivity contribution in [2.75, 3.05) is 5.32 Å². The number of nitrogens with zero attached hydrogens (tertiary/aromatic N) is 1. The third kappa shape index (κ3) is 4.16. The van der Waals surface area contributed by atoms with Crippen molar-refractivity contribution in [2.45, 2.75) is 33.6 Å². The number of amides is 1. The molecule has 22 heavy (non-hydrogen) atoms. The van der Waals surface area contributed by atoms with Crippen molar-refractivity contribution in [2.24, 2.45) is 0 Å². The van der Waals surface area contributed by atoms with Gasteiger partial charge in [0.25, 0.3) is 5.56 Å². The second kappa shape index (κ2) is 7.04. The third-order valence-corrected chi connectivity index (χ3v) is 4.56. The summed E-state index contributed by atoms with van der Waals surface area (Å²) < 4.78 is 1.10. The molecule has 1 heterocycles. The van der Waals surface area contributed by atoms with Gasteiger partial charge in [0.1, 0.15) is 5.82 Å². The largest absolute Gasteiger partial charge is 0.326 e. The molecule has 116 valence electrons. The summed E-state index contributed by atoms with van der Waals surface area (Å²) in [6, 6.07) is 5.77. The van der Waals surface area contributed by atoms with Gasteiger partial charge in [-0.2, -0.15) is 0 Å². The molecule has 0 bridgehead atoms. The number of H-pyrrole nitrogens is 1. The van der Waals surface area contributed by atoms with Crippen molar-refractivity contribution >= 4 is 34.2 Å². The maximum Gasteiger partial charge on any atom is 0.254 e. The van der Waals surface area contributed by atoms with Gasteiger partial charge >= 0.3 is 0 Å². The van der Waals surface area contributed by atoms with Crippen LogP contribution in [0.25, 0.3) is 0 Å². The van der Waals surface area contributed by atoms with E-state index in [1.165, 1.54) is 5.56 Å². The molecule has 2 aromatic rings. The van der Waals surface area contributed by atoms with E-state index in [1.54, 1.807) is 13.8 Å². The molecule has 6 heteroatoms. The van der Waals surface area contributed by atoms with Gasteiger partial charge in [0.15, 0.2) is 0 Å². The minimum absolute atomic E-state index is 0.112. The van der Waals surface area contributed by atoms with Crippen LogP contribution in [-0.2, 0) is 11.2 Å². The van der Waals surface area contributed by atoms with Crippen LogP contribution >= 0.6 is 22.6 Å². The second-order valence-corrected chi connectivity index (χ2v) is 6.39. The summed E-state index contributed by atoms with van der Waals surface area (Å²) in [7, 11) is 0. The van der Waals surface area contributed by atoms with Crippen molar-refractivity contribution in [3.05, 3.63) is 54.8 Å². The van der Waals surface area contributed by atoms with Gasteiger partial charge < -0.3 is 10.3 Å². The number of nitrogens with one attached hydrogen (secondary N) is 2. The van der Waals surface area contributed by atoms with E-state index in [4.69, 9.17) is 0 Å². The number of hydrogen-bond acceptors (Lipinski definition) is 3. The van der Waals surface area contributed by atoms with Gasteiger partial charge in [-0.25, -0.2) is 4.98 Å². The first-order chi connectivity index (χ1) is 10.4. The molecule has 0 spiro atoms. The summed E-state index contributed by atoms with van der Waals surface area (Å²) in [5.41, 5.74) is 3.03. The molecule has 0 saturated carbocycles. The minimum Gasteiger partial charge on any atom is -0.326 e. The van der Waals surface area contributed by atoms with Gasteiger partial charge in [-0.3, -0.25) is 9.59 Å². The zero-order valence-electron chi connectivity index (χ0n) is 12.8. The molecule has 0 unspecified atom stereocenters. The molecule has 0 aliphatic heterocycles. The maximum absolute atomic E-state index is 12.0. The molecule has 1 amide bonds. The van der Waals surface area contributed by atoms with Crippen LogP contribution in [0.3, 0.4) is 0 Å². The van der Waals surface area contributed by atoms with E-state index in [0.717, 1.165) is 9.26 Å². The van der Waals surface area contributed by atoms with E-state index >= 15 is 0 Å². The third-order valence-electron chi connectivity index (χ3n) is 3.40. The molecule has 0 saturated heterocycles. The number of aromatic amines is 1. The fraction of sp³-hybridized carbons (Fsp3) is 0.312. The van der Waals surface area contributed by atoms with Crippen molar-refractivity contribution in [1.29, 1.82) is 0 Å². The number of benzene rings is 1. The Balaban J connectivity index is 2.01. The SMILES string of the molecule is Cc1nc(C)c(CCC(=O)Nc2ccc(C)c(I)c2)c(=O)[nH]1. The molecular weight excluding hydrogens is 393 g/mol. The quantitative estimate of drug-likeness (QED) is 0.760. The maximum atomic E-state index is 12.0. The zero-order chi connectivity index (χ0) is 16.3. The van der Waals surface area contributed by atoms with Crippen LogP contribution in [0.2, 0.25) is 0 Å². The fourth-order valence-electron chi connectivity index (χ4n) is 2.18. The Bertz CT molecular complexity index is 768. The fourth-order valence-corrected chi connectivity index (χ4v) is 2.69. The Kier molecular flexibility index (Phi) is 5.33. The average Bonchev–Trinajstić information content (AvgIpc) is 2.41. The number of anilines is 1. The number of aryl methyl sites for hydroxylation is 3. The number of hydrogen-bond donors (Lipinski definition) is 2. The summed E-state index contributed by atoms with van der Waals surface area (Å²) in [5, 5.41) is 2.85. The molecule has 0 aliphatic rings. The Labute approximate surface area is 142 Å². The van der Waals surface area contributed by atoms with Crippen LogP contribution in [0.5, 0.6) is 0 Å². The van der Waals surface area contributed by atoms with Gasteiger partial charge in [-0.1, -0.05) is 6.07 Å². The topological polar surface area (TPSA) is 74.8 Å². The molecule has 0 fully saturated rings. The standard InChI is InChI=1S/C16H18IN3O2/c1-9-4-5-12(8-14(9)17)20-15(21)7-6-13-10(2)18-11(3)19-16(13)22/h4-5,8H,6-7H2,1-3H3,(H,20,21)(H,18,19,22). The Morgan fingerprint density at radius 2 is 2.05 bits per heavy atom. The number of carbonyl (C=O) groups is 1.